The lowest BCUT2D eigenvalue weighted by atomic mass is 9.82. The number of ether oxygens (including phenoxy) is 2. The van der Waals surface area contributed by atoms with E-state index in [1.165, 1.54) is 6.92 Å². The Balaban J connectivity index is 2.67. The van der Waals surface area contributed by atoms with Gasteiger partial charge in [0.2, 0.25) is 5.88 Å². The van der Waals surface area contributed by atoms with Crippen molar-refractivity contribution in [2.75, 3.05) is 6.61 Å². The minimum atomic E-state index is -0.602. The van der Waals surface area contributed by atoms with E-state index in [4.69, 9.17) is 15.2 Å². The van der Waals surface area contributed by atoms with Crippen molar-refractivity contribution < 1.29 is 14.3 Å². The summed E-state index contributed by atoms with van der Waals surface area (Å²) >= 11 is 3.39. The Kier molecular flexibility index (Phi) is 4.88. The first-order chi connectivity index (χ1) is 10.5. The molecule has 1 heterocycles. The number of nitriles is 1. The quantitative estimate of drug-likeness (QED) is 0.889. The molecule has 6 heteroatoms. The van der Waals surface area contributed by atoms with E-state index >= 15 is 0 Å². The van der Waals surface area contributed by atoms with Gasteiger partial charge in [0.15, 0.2) is 5.78 Å². The van der Waals surface area contributed by atoms with Crippen molar-refractivity contribution in [1.29, 1.82) is 5.26 Å². The Morgan fingerprint density at radius 1 is 1.55 bits per heavy atom. The fraction of sp³-hybridized carbons (Fsp3) is 0.250. The molecule has 0 aromatic heterocycles. The lowest BCUT2D eigenvalue weighted by molar-refractivity contribution is -0.114. The molecule has 22 heavy (non-hydrogen) atoms. The number of carbonyl (C=O) groups excluding carboxylic acids is 1. The van der Waals surface area contributed by atoms with Crippen molar-refractivity contribution >= 4 is 21.7 Å². The Morgan fingerprint density at radius 2 is 2.27 bits per heavy atom. The van der Waals surface area contributed by atoms with Gasteiger partial charge in [0.25, 0.3) is 5.95 Å². The summed E-state index contributed by atoms with van der Waals surface area (Å²) in [6.07, 6.45) is 0. The van der Waals surface area contributed by atoms with Crippen LogP contribution < -0.4 is 5.73 Å². The first kappa shape index (κ1) is 16.1. The van der Waals surface area contributed by atoms with E-state index < -0.39 is 5.92 Å². The lowest BCUT2D eigenvalue weighted by Gasteiger charge is -2.27. The minimum absolute atomic E-state index is 0.0408. The van der Waals surface area contributed by atoms with Gasteiger partial charge < -0.3 is 15.2 Å². The topological polar surface area (TPSA) is 85.3 Å². The van der Waals surface area contributed by atoms with Crippen molar-refractivity contribution in [1.82, 2.24) is 0 Å². The summed E-state index contributed by atoms with van der Waals surface area (Å²) < 4.78 is 11.6. The average Bonchev–Trinajstić information content (AvgIpc) is 2.46. The summed E-state index contributed by atoms with van der Waals surface area (Å²) in [5, 5.41) is 9.42. The fourth-order valence-electron chi connectivity index (χ4n) is 2.34. The summed E-state index contributed by atoms with van der Waals surface area (Å²) in [6, 6.07) is 9.41. The highest BCUT2D eigenvalue weighted by Gasteiger charge is 2.36. The van der Waals surface area contributed by atoms with Gasteiger partial charge in [-0.25, -0.2) is 0 Å². The first-order valence-electron chi connectivity index (χ1n) is 6.70. The molecule has 0 aliphatic carbocycles. The van der Waals surface area contributed by atoms with Gasteiger partial charge in [-0.05, 0) is 31.5 Å². The monoisotopic (exact) mass is 362 g/mol. The molecule has 1 aromatic carbocycles. The van der Waals surface area contributed by atoms with E-state index in [-0.39, 0.29) is 23.2 Å². The Morgan fingerprint density at radius 3 is 2.82 bits per heavy atom. The molecule has 0 fully saturated rings. The van der Waals surface area contributed by atoms with Crippen LogP contribution in [0.15, 0.2) is 51.7 Å². The van der Waals surface area contributed by atoms with Crippen molar-refractivity contribution in [3.8, 4) is 6.07 Å². The largest absolute Gasteiger partial charge is 0.465 e. The van der Waals surface area contributed by atoms with Crippen LogP contribution in [-0.2, 0) is 14.3 Å². The number of halogens is 1. The molecule has 1 aliphatic rings. The summed E-state index contributed by atoms with van der Waals surface area (Å²) in [7, 11) is 0. The van der Waals surface area contributed by atoms with Crippen molar-refractivity contribution in [2.24, 2.45) is 5.73 Å². The molecule has 5 nitrogen and oxygen atoms in total. The van der Waals surface area contributed by atoms with Crippen LogP contribution in [0.25, 0.3) is 0 Å². The molecule has 1 aliphatic heterocycles. The molecule has 0 bridgehead atoms. The van der Waals surface area contributed by atoms with Crippen LogP contribution in [0.4, 0.5) is 0 Å². The van der Waals surface area contributed by atoms with Crippen molar-refractivity contribution in [2.45, 2.75) is 19.8 Å². The van der Waals surface area contributed by atoms with E-state index in [2.05, 4.69) is 15.9 Å². The summed E-state index contributed by atoms with van der Waals surface area (Å²) in [4.78, 5) is 12.1. The number of rotatable bonds is 4. The molecule has 0 saturated heterocycles. The number of carbonyl (C=O) groups is 1. The maximum atomic E-state index is 12.1. The second-order valence-electron chi connectivity index (χ2n) is 4.67. The second kappa shape index (κ2) is 6.67. The van der Waals surface area contributed by atoms with Gasteiger partial charge in [-0.3, -0.25) is 4.79 Å². The van der Waals surface area contributed by atoms with E-state index in [0.717, 1.165) is 10.0 Å². The van der Waals surface area contributed by atoms with E-state index in [9.17, 15) is 10.1 Å². The van der Waals surface area contributed by atoms with Gasteiger partial charge >= 0.3 is 0 Å². The SMILES string of the molecule is CCOC1=C(C(C)=O)C(c2cccc(Br)c2)C(C#N)=C(N)O1. The third-order valence-electron chi connectivity index (χ3n) is 3.22. The van der Waals surface area contributed by atoms with Gasteiger partial charge in [-0.2, -0.15) is 5.26 Å². The van der Waals surface area contributed by atoms with Gasteiger partial charge in [0.05, 0.1) is 18.1 Å². The third kappa shape index (κ3) is 3.00. The predicted molar refractivity (Wildman–Crippen MR) is 84.1 cm³/mol. The predicted octanol–water partition coefficient (Wildman–Crippen LogP) is 3.09. The van der Waals surface area contributed by atoms with E-state index in [0.29, 0.717) is 12.2 Å². The van der Waals surface area contributed by atoms with Crippen molar-refractivity contribution in [3.05, 3.63) is 57.3 Å². The number of nitrogens with zero attached hydrogens (tertiary/aromatic N) is 1. The number of nitrogens with two attached hydrogens (primary N) is 1. The number of benzene rings is 1. The van der Waals surface area contributed by atoms with Gasteiger partial charge in [-0.1, -0.05) is 28.1 Å². The molecule has 0 saturated carbocycles. The molecular formula is C16H15BrN2O3. The van der Waals surface area contributed by atoms with Crippen LogP contribution in [0, 0.1) is 11.3 Å². The number of allylic oxidation sites excluding steroid dienone is 2. The number of hydrogen-bond acceptors (Lipinski definition) is 5. The highest BCUT2D eigenvalue weighted by molar-refractivity contribution is 9.10. The maximum Gasteiger partial charge on any atom is 0.294 e. The summed E-state index contributed by atoms with van der Waals surface area (Å²) in [5.74, 6) is -0.804. The molecule has 1 aromatic rings. The van der Waals surface area contributed by atoms with Crippen LogP contribution in [-0.4, -0.2) is 12.4 Å². The third-order valence-corrected chi connectivity index (χ3v) is 3.72. The molecule has 2 N–H and O–H groups in total. The molecular weight excluding hydrogens is 348 g/mol. The molecule has 0 spiro atoms. The first-order valence-corrected chi connectivity index (χ1v) is 7.49. The Hall–Kier alpha value is -2.26. The molecule has 114 valence electrons. The van der Waals surface area contributed by atoms with Crippen LogP contribution in [0.1, 0.15) is 25.3 Å². The van der Waals surface area contributed by atoms with Crippen LogP contribution in [0.3, 0.4) is 0 Å². The maximum absolute atomic E-state index is 12.1. The van der Waals surface area contributed by atoms with E-state index in [1.54, 1.807) is 6.92 Å². The fourth-order valence-corrected chi connectivity index (χ4v) is 2.76. The van der Waals surface area contributed by atoms with Crippen LogP contribution in [0.2, 0.25) is 0 Å². The standard InChI is InChI=1S/C16H15BrN2O3/c1-3-21-16-13(9(2)20)14(12(8-18)15(19)22-16)10-5-4-6-11(17)7-10/h4-7,14H,3,19H2,1-2H3. The van der Waals surface area contributed by atoms with Crippen LogP contribution >= 0.6 is 15.9 Å². The van der Waals surface area contributed by atoms with Crippen molar-refractivity contribution in [3.63, 3.8) is 0 Å². The molecule has 0 radical (unpaired) electrons. The zero-order valence-electron chi connectivity index (χ0n) is 12.2. The number of Topliss-reactive ketones (excluding diaryl/α,β-unsaturated/α-hetero) is 1. The zero-order valence-corrected chi connectivity index (χ0v) is 13.8. The zero-order chi connectivity index (χ0) is 16.3. The smallest absolute Gasteiger partial charge is 0.294 e. The molecule has 2 rings (SSSR count). The second-order valence-corrected chi connectivity index (χ2v) is 5.59. The lowest BCUT2D eigenvalue weighted by Crippen LogP contribution is -2.25. The average molecular weight is 363 g/mol. The highest BCUT2D eigenvalue weighted by atomic mass is 79.9. The highest BCUT2D eigenvalue weighted by Crippen LogP contribution is 2.40. The molecule has 1 atom stereocenters. The summed E-state index contributed by atoms with van der Waals surface area (Å²) in [5.41, 5.74) is 7.10. The van der Waals surface area contributed by atoms with Gasteiger partial charge in [-0.15, -0.1) is 0 Å². The van der Waals surface area contributed by atoms with Gasteiger partial charge in [0.1, 0.15) is 11.6 Å². The normalized spacial score (nSPS) is 17.8. The Bertz CT molecular complexity index is 716. The summed E-state index contributed by atoms with van der Waals surface area (Å²) in [6.45, 7) is 3.52. The number of hydrogen-bond donors (Lipinski definition) is 1. The molecule has 0 amide bonds. The van der Waals surface area contributed by atoms with E-state index in [1.807, 2.05) is 30.3 Å². The number of ketones is 1. The Labute approximate surface area is 137 Å². The minimum Gasteiger partial charge on any atom is -0.465 e. The van der Waals surface area contributed by atoms with Crippen LogP contribution in [0.5, 0.6) is 0 Å². The molecule has 1 unspecified atom stereocenters. The van der Waals surface area contributed by atoms with Gasteiger partial charge in [0, 0.05) is 4.47 Å².